The van der Waals surface area contributed by atoms with Crippen molar-refractivity contribution in [2.75, 3.05) is 13.1 Å². The van der Waals surface area contributed by atoms with Gasteiger partial charge in [-0.15, -0.1) is 5.10 Å². The van der Waals surface area contributed by atoms with E-state index in [1.807, 2.05) is 30.3 Å². The van der Waals surface area contributed by atoms with Gasteiger partial charge in [0, 0.05) is 0 Å². The van der Waals surface area contributed by atoms with Crippen molar-refractivity contribution in [1.82, 2.24) is 19.9 Å². The second-order valence-corrected chi connectivity index (χ2v) is 4.95. The summed E-state index contributed by atoms with van der Waals surface area (Å²) in [5, 5.41) is 16.5. The third-order valence-corrected chi connectivity index (χ3v) is 3.38. The van der Waals surface area contributed by atoms with E-state index in [9.17, 15) is 9.59 Å². The number of ether oxygens (including phenoxy) is 1. The third-order valence-electron chi connectivity index (χ3n) is 3.38. The summed E-state index contributed by atoms with van der Waals surface area (Å²) in [5.74, 6) is -1.12. The highest BCUT2D eigenvalue weighted by atomic mass is 16.6. The molecular weight excluding hydrogens is 288 g/mol. The number of benzene rings is 1. The molecule has 1 aromatic heterocycles. The zero-order valence-corrected chi connectivity index (χ0v) is 11.6. The van der Waals surface area contributed by atoms with Crippen LogP contribution in [0.15, 0.2) is 36.5 Å². The van der Waals surface area contributed by atoms with Crippen molar-refractivity contribution < 1.29 is 19.4 Å². The van der Waals surface area contributed by atoms with Gasteiger partial charge in [0.25, 0.3) is 0 Å². The van der Waals surface area contributed by atoms with E-state index in [1.54, 1.807) is 0 Å². The minimum atomic E-state index is -1.12. The molecule has 0 spiro atoms. The maximum atomic E-state index is 11.8. The molecule has 1 saturated heterocycles. The van der Waals surface area contributed by atoms with Crippen LogP contribution in [-0.4, -0.2) is 50.2 Å². The number of nitrogens with zero attached hydrogens (tertiary/aromatic N) is 4. The standard InChI is InChI=1S/C14H14N4O4/c19-13(20)12-6-15-18(16-12)11-7-17(8-11)14(21)22-9-10-4-2-1-3-5-10/h1-6,11H,7-9H2,(H,19,20). The first kappa shape index (κ1) is 14.1. The fourth-order valence-electron chi connectivity index (χ4n) is 2.11. The summed E-state index contributed by atoms with van der Waals surface area (Å²) in [4.78, 5) is 25.4. The van der Waals surface area contributed by atoms with Crippen LogP contribution in [0.1, 0.15) is 22.1 Å². The Morgan fingerprint density at radius 3 is 2.64 bits per heavy atom. The molecule has 1 aliphatic heterocycles. The molecule has 2 aromatic rings. The number of carbonyl (C=O) groups excluding carboxylic acids is 1. The van der Waals surface area contributed by atoms with E-state index in [1.165, 1.54) is 15.9 Å². The minimum Gasteiger partial charge on any atom is -0.476 e. The molecule has 0 unspecified atom stereocenters. The Bertz CT molecular complexity index is 679. The lowest BCUT2D eigenvalue weighted by Gasteiger charge is -2.37. The van der Waals surface area contributed by atoms with Crippen LogP contribution in [0.25, 0.3) is 0 Å². The predicted molar refractivity (Wildman–Crippen MR) is 74.2 cm³/mol. The number of aromatic nitrogens is 3. The van der Waals surface area contributed by atoms with Crippen molar-refractivity contribution in [3.8, 4) is 0 Å². The van der Waals surface area contributed by atoms with Crippen molar-refractivity contribution in [3.05, 3.63) is 47.8 Å². The van der Waals surface area contributed by atoms with Gasteiger partial charge in [-0.2, -0.15) is 9.90 Å². The Morgan fingerprint density at radius 2 is 2.00 bits per heavy atom. The summed E-state index contributed by atoms with van der Waals surface area (Å²) < 4.78 is 5.20. The van der Waals surface area contributed by atoms with Crippen LogP contribution in [0.4, 0.5) is 4.79 Å². The SMILES string of the molecule is O=C(O)c1cnn(C2CN(C(=O)OCc3ccccc3)C2)n1. The number of hydrogen-bond acceptors (Lipinski definition) is 5. The summed E-state index contributed by atoms with van der Waals surface area (Å²) in [5.41, 5.74) is 0.817. The topological polar surface area (TPSA) is 97.6 Å². The Hall–Kier alpha value is -2.90. The molecular formula is C14H14N4O4. The number of carbonyl (C=O) groups is 2. The van der Waals surface area contributed by atoms with Crippen molar-refractivity contribution in [2.45, 2.75) is 12.6 Å². The predicted octanol–water partition coefficient (Wildman–Crippen LogP) is 1.17. The van der Waals surface area contributed by atoms with Crippen LogP contribution in [0, 0.1) is 0 Å². The van der Waals surface area contributed by atoms with Gasteiger partial charge in [0.15, 0.2) is 5.69 Å². The summed E-state index contributed by atoms with van der Waals surface area (Å²) >= 11 is 0. The summed E-state index contributed by atoms with van der Waals surface area (Å²) in [6.07, 6.45) is 0.796. The first-order valence-electron chi connectivity index (χ1n) is 6.74. The molecule has 0 saturated carbocycles. The molecule has 0 radical (unpaired) electrons. The maximum absolute atomic E-state index is 11.8. The van der Waals surface area contributed by atoms with Gasteiger partial charge >= 0.3 is 12.1 Å². The number of carboxylic acid groups (broad SMARTS) is 1. The molecule has 0 atom stereocenters. The van der Waals surface area contributed by atoms with E-state index >= 15 is 0 Å². The lowest BCUT2D eigenvalue weighted by molar-refractivity contribution is 0.0453. The largest absolute Gasteiger partial charge is 0.476 e. The van der Waals surface area contributed by atoms with Crippen LogP contribution >= 0.6 is 0 Å². The van der Waals surface area contributed by atoms with Crippen LogP contribution in [0.5, 0.6) is 0 Å². The summed E-state index contributed by atoms with van der Waals surface area (Å²) in [6.45, 7) is 1.03. The first-order valence-corrected chi connectivity index (χ1v) is 6.74. The maximum Gasteiger partial charge on any atom is 0.410 e. The van der Waals surface area contributed by atoms with E-state index in [-0.39, 0.29) is 18.3 Å². The molecule has 8 heteroatoms. The Kier molecular flexibility index (Phi) is 3.73. The van der Waals surface area contributed by atoms with Gasteiger partial charge in [0.2, 0.25) is 0 Å². The number of carboxylic acids is 1. The molecule has 0 bridgehead atoms. The van der Waals surface area contributed by atoms with E-state index in [0.717, 1.165) is 5.56 Å². The van der Waals surface area contributed by atoms with Crippen LogP contribution in [-0.2, 0) is 11.3 Å². The van der Waals surface area contributed by atoms with Gasteiger partial charge in [-0.3, -0.25) is 0 Å². The third kappa shape index (κ3) is 2.90. The average Bonchev–Trinajstić information content (AvgIpc) is 2.94. The molecule has 2 heterocycles. The summed E-state index contributed by atoms with van der Waals surface area (Å²) in [6, 6.07) is 9.31. The minimum absolute atomic E-state index is 0.106. The van der Waals surface area contributed by atoms with E-state index in [2.05, 4.69) is 10.2 Å². The molecule has 8 nitrogen and oxygen atoms in total. The van der Waals surface area contributed by atoms with Gasteiger partial charge in [-0.1, -0.05) is 30.3 Å². The fourth-order valence-corrected chi connectivity index (χ4v) is 2.11. The van der Waals surface area contributed by atoms with Crippen LogP contribution in [0.2, 0.25) is 0 Å². The molecule has 1 aromatic carbocycles. The van der Waals surface area contributed by atoms with Gasteiger partial charge < -0.3 is 14.7 Å². The van der Waals surface area contributed by atoms with Crippen molar-refractivity contribution in [1.29, 1.82) is 0 Å². The van der Waals surface area contributed by atoms with Crippen LogP contribution in [0.3, 0.4) is 0 Å². The highest BCUT2D eigenvalue weighted by Gasteiger charge is 2.34. The molecule has 1 N–H and O–H groups in total. The molecule has 3 rings (SSSR count). The normalized spacial score (nSPS) is 14.5. The number of hydrogen-bond donors (Lipinski definition) is 1. The monoisotopic (exact) mass is 302 g/mol. The zero-order valence-electron chi connectivity index (χ0n) is 11.6. The molecule has 114 valence electrons. The number of amides is 1. The molecule has 1 fully saturated rings. The van der Waals surface area contributed by atoms with Gasteiger partial charge in [-0.05, 0) is 5.56 Å². The quantitative estimate of drug-likeness (QED) is 0.910. The second-order valence-electron chi connectivity index (χ2n) is 4.95. The first-order chi connectivity index (χ1) is 10.6. The number of likely N-dealkylation sites (tertiary alicyclic amines) is 1. The van der Waals surface area contributed by atoms with E-state index in [4.69, 9.17) is 9.84 Å². The fraction of sp³-hybridized carbons (Fsp3) is 0.286. The molecule has 1 aliphatic rings. The highest BCUT2D eigenvalue weighted by molar-refractivity contribution is 5.84. The van der Waals surface area contributed by atoms with Crippen molar-refractivity contribution in [3.63, 3.8) is 0 Å². The summed E-state index contributed by atoms with van der Waals surface area (Å²) in [7, 11) is 0. The van der Waals surface area contributed by atoms with Crippen molar-refractivity contribution in [2.24, 2.45) is 0 Å². The van der Waals surface area contributed by atoms with Crippen molar-refractivity contribution >= 4 is 12.1 Å². The number of aromatic carboxylic acids is 1. The van der Waals surface area contributed by atoms with Gasteiger partial charge in [0.05, 0.1) is 19.3 Å². The second kappa shape index (κ2) is 5.84. The number of rotatable bonds is 4. The highest BCUT2D eigenvalue weighted by Crippen LogP contribution is 2.20. The lowest BCUT2D eigenvalue weighted by atomic mass is 10.1. The molecule has 0 aliphatic carbocycles. The van der Waals surface area contributed by atoms with Crippen LogP contribution < -0.4 is 0 Å². The average molecular weight is 302 g/mol. The lowest BCUT2D eigenvalue weighted by Crippen LogP contribution is -2.51. The molecule has 1 amide bonds. The van der Waals surface area contributed by atoms with E-state index in [0.29, 0.717) is 13.1 Å². The van der Waals surface area contributed by atoms with E-state index < -0.39 is 12.1 Å². The molecule has 22 heavy (non-hydrogen) atoms. The smallest absolute Gasteiger partial charge is 0.410 e. The Labute approximate surface area is 125 Å². The Balaban J connectivity index is 1.48. The van der Waals surface area contributed by atoms with Gasteiger partial charge in [0.1, 0.15) is 12.6 Å². The van der Waals surface area contributed by atoms with Gasteiger partial charge in [-0.25, -0.2) is 9.59 Å². The Morgan fingerprint density at radius 1 is 1.27 bits per heavy atom. The zero-order chi connectivity index (χ0) is 15.5.